The lowest BCUT2D eigenvalue weighted by molar-refractivity contribution is -0.121. The molecule has 0 aromatic carbocycles. The standard InChI is InChI=1S/C10H9ClFN3O/c11-10-13-4-7(12)8(14-10)15-6-2-1-5(3-6)9(15)16/h4-6H,1-3H2/t5-,6+/m1/s1. The van der Waals surface area contributed by atoms with Crippen molar-refractivity contribution in [1.82, 2.24) is 9.97 Å². The molecule has 1 saturated carbocycles. The molecule has 2 bridgehead atoms. The number of hydrogen-bond donors (Lipinski definition) is 0. The van der Waals surface area contributed by atoms with Crippen molar-refractivity contribution in [3.63, 3.8) is 0 Å². The molecule has 84 valence electrons. The molecule has 3 rings (SSSR count). The lowest BCUT2D eigenvalue weighted by Crippen LogP contribution is -2.38. The van der Waals surface area contributed by atoms with Crippen LogP contribution in [0.2, 0.25) is 5.28 Å². The van der Waals surface area contributed by atoms with Gasteiger partial charge in [0.1, 0.15) is 0 Å². The van der Waals surface area contributed by atoms with Crippen LogP contribution in [0.1, 0.15) is 19.3 Å². The van der Waals surface area contributed by atoms with Crippen molar-refractivity contribution in [2.75, 3.05) is 4.90 Å². The summed E-state index contributed by atoms with van der Waals surface area (Å²) in [6.45, 7) is 0. The van der Waals surface area contributed by atoms with E-state index in [-0.39, 0.29) is 29.0 Å². The Morgan fingerprint density at radius 1 is 1.50 bits per heavy atom. The number of amides is 1. The third-order valence-corrected chi connectivity index (χ3v) is 3.46. The summed E-state index contributed by atoms with van der Waals surface area (Å²) in [6.07, 6.45) is 3.63. The van der Waals surface area contributed by atoms with E-state index in [4.69, 9.17) is 11.6 Å². The topological polar surface area (TPSA) is 46.1 Å². The Morgan fingerprint density at radius 3 is 3.00 bits per heavy atom. The largest absolute Gasteiger partial charge is 0.291 e. The van der Waals surface area contributed by atoms with Crippen LogP contribution >= 0.6 is 11.6 Å². The number of carbonyl (C=O) groups is 1. The molecule has 0 radical (unpaired) electrons. The first-order chi connectivity index (χ1) is 7.66. The number of fused-ring (bicyclic) bond motifs is 2. The van der Waals surface area contributed by atoms with Gasteiger partial charge in [0.15, 0.2) is 11.6 Å². The minimum absolute atomic E-state index is 0.0252. The minimum atomic E-state index is -0.592. The van der Waals surface area contributed by atoms with Gasteiger partial charge in [0.25, 0.3) is 0 Å². The van der Waals surface area contributed by atoms with E-state index < -0.39 is 5.82 Å². The fourth-order valence-electron chi connectivity index (χ4n) is 2.58. The summed E-state index contributed by atoms with van der Waals surface area (Å²) in [5, 5.41) is -0.0352. The van der Waals surface area contributed by atoms with Crippen molar-refractivity contribution in [2.45, 2.75) is 25.3 Å². The highest BCUT2D eigenvalue weighted by atomic mass is 35.5. The van der Waals surface area contributed by atoms with Crippen LogP contribution in [0, 0.1) is 11.7 Å². The molecule has 1 aromatic heterocycles. The van der Waals surface area contributed by atoms with Crippen LogP contribution in [-0.4, -0.2) is 21.9 Å². The van der Waals surface area contributed by atoms with E-state index in [1.807, 2.05) is 0 Å². The van der Waals surface area contributed by atoms with Gasteiger partial charge in [-0.25, -0.2) is 9.37 Å². The molecule has 0 unspecified atom stereocenters. The lowest BCUT2D eigenvalue weighted by atomic mass is 10.1. The molecular weight excluding hydrogens is 233 g/mol. The fourth-order valence-corrected chi connectivity index (χ4v) is 2.71. The summed E-state index contributed by atoms with van der Waals surface area (Å²) in [5.74, 6) is -0.564. The number of halogens is 2. The maximum atomic E-state index is 13.5. The zero-order valence-corrected chi connectivity index (χ0v) is 9.12. The number of aromatic nitrogens is 2. The monoisotopic (exact) mass is 241 g/mol. The molecule has 1 aliphatic carbocycles. The summed E-state index contributed by atoms with van der Waals surface area (Å²) in [7, 11) is 0. The highest BCUT2D eigenvalue weighted by Crippen LogP contribution is 2.41. The maximum absolute atomic E-state index is 13.5. The quantitative estimate of drug-likeness (QED) is 0.704. The van der Waals surface area contributed by atoms with Crippen LogP contribution in [0.3, 0.4) is 0 Å². The van der Waals surface area contributed by atoms with Crippen LogP contribution in [0.25, 0.3) is 0 Å². The van der Waals surface area contributed by atoms with Gasteiger partial charge >= 0.3 is 0 Å². The third-order valence-electron chi connectivity index (χ3n) is 3.28. The van der Waals surface area contributed by atoms with Gasteiger partial charge < -0.3 is 0 Å². The molecule has 4 nitrogen and oxygen atoms in total. The first-order valence-corrected chi connectivity index (χ1v) is 5.55. The Hall–Kier alpha value is -1.23. The number of anilines is 1. The molecular formula is C10H9ClFN3O. The first-order valence-electron chi connectivity index (χ1n) is 5.18. The highest BCUT2D eigenvalue weighted by Gasteiger charge is 2.46. The summed E-state index contributed by atoms with van der Waals surface area (Å²) in [4.78, 5) is 20.7. The van der Waals surface area contributed by atoms with E-state index in [0.717, 1.165) is 25.5 Å². The summed E-state index contributed by atoms with van der Waals surface area (Å²) in [6, 6.07) is 0.0815. The predicted octanol–water partition coefficient (Wildman–Crippen LogP) is 1.78. The summed E-state index contributed by atoms with van der Waals surface area (Å²) < 4.78 is 13.5. The lowest BCUT2D eigenvalue weighted by Gasteiger charge is -2.26. The Morgan fingerprint density at radius 2 is 2.31 bits per heavy atom. The van der Waals surface area contributed by atoms with E-state index >= 15 is 0 Å². The van der Waals surface area contributed by atoms with Crippen LogP contribution < -0.4 is 4.90 Å². The minimum Gasteiger partial charge on any atom is -0.291 e. The molecule has 16 heavy (non-hydrogen) atoms. The van der Waals surface area contributed by atoms with Crippen LogP contribution in [-0.2, 0) is 4.79 Å². The van der Waals surface area contributed by atoms with Crippen molar-refractivity contribution in [3.8, 4) is 0 Å². The van der Waals surface area contributed by atoms with Gasteiger partial charge in [-0.1, -0.05) is 0 Å². The highest BCUT2D eigenvalue weighted by molar-refractivity contribution is 6.28. The molecule has 6 heteroatoms. The van der Waals surface area contributed by atoms with Gasteiger partial charge in [-0.3, -0.25) is 9.69 Å². The molecule has 0 spiro atoms. The predicted molar refractivity (Wildman–Crippen MR) is 55.6 cm³/mol. The number of hydrogen-bond acceptors (Lipinski definition) is 3. The van der Waals surface area contributed by atoms with Gasteiger partial charge in [-0.2, -0.15) is 4.98 Å². The first kappa shape index (κ1) is 9.96. The SMILES string of the molecule is O=C1[C@@H]2CC[C@@H](C2)N1c1nc(Cl)ncc1F. The molecule has 1 amide bonds. The van der Waals surface area contributed by atoms with Crippen molar-refractivity contribution < 1.29 is 9.18 Å². The molecule has 1 aromatic rings. The Bertz CT molecular complexity index is 467. The smallest absolute Gasteiger partial charge is 0.231 e. The van der Waals surface area contributed by atoms with Crippen LogP contribution in [0.5, 0.6) is 0 Å². The summed E-state index contributed by atoms with van der Waals surface area (Å²) >= 11 is 5.62. The van der Waals surface area contributed by atoms with Gasteiger partial charge in [0, 0.05) is 12.0 Å². The number of rotatable bonds is 1. The Balaban J connectivity index is 2.04. The molecule has 2 atom stereocenters. The second-order valence-corrected chi connectivity index (χ2v) is 4.52. The molecule has 2 aliphatic rings. The number of piperidine rings is 1. The van der Waals surface area contributed by atoms with Crippen molar-refractivity contribution in [3.05, 3.63) is 17.3 Å². The molecule has 1 saturated heterocycles. The van der Waals surface area contributed by atoms with E-state index in [2.05, 4.69) is 9.97 Å². The average Bonchev–Trinajstić information content (AvgIpc) is 2.82. The van der Waals surface area contributed by atoms with Gasteiger partial charge in [-0.15, -0.1) is 0 Å². The second-order valence-electron chi connectivity index (χ2n) is 4.18. The van der Waals surface area contributed by atoms with Crippen molar-refractivity contribution in [2.24, 2.45) is 5.92 Å². The number of nitrogens with zero attached hydrogens (tertiary/aromatic N) is 3. The van der Waals surface area contributed by atoms with E-state index in [1.165, 1.54) is 4.90 Å². The number of carbonyl (C=O) groups excluding carboxylic acids is 1. The van der Waals surface area contributed by atoms with E-state index in [0.29, 0.717) is 0 Å². The third kappa shape index (κ3) is 1.31. The van der Waals surface area contributed by atoms with Crippen molar-refractivity contribution >= 4 is 23.3 Å². The molecule has 2 heterocycles. The molecule has 2 fully saturated rings. The Labute approximate surface area is 96.4 Å². The van der Waals surface area contributed by atoms with Gasteiger partial charge in [0.05, 0.1) is 6.20 Å². The van der Waals surface area contributed by atoms with E-state index in [1.54, 1.807) is 0 Å². The van der Waals surface area contributed by atoms with Gasteiger partial charge in [-0.05, 0) is 30.9 Å². The maximum Gasteiger partial charge on any atom is 0.231 e. The zero-order chi connectivity index (χ0) is 11.3. The van der Waals surface area contributed by atoms with Crippen LogP contribution in [0.15, 0.2) is 6.20 Å². The van der Waals surface area contributed by atoms with Crippen molar-refractivity contribution in [1.29, 1.82) is 0 Å². The van der Waals surface area contributed by atoms with Crippen LogP contribution in [0.4, 0.5) is 10.2 Å². The molecule has 0 N–H and O–H groups in total. The normalized spacial score (nSPS) is 27.9. The zero-order valence-electron chi connectivity index (χ0n) is 8.36. The second kappa shape index (κ2) is 3.38. The molecule has 1 aliphatic heterocycles. The summed E-state index contributed by atoms with van der Waals surface area (Å²) in [5.41, 5.74) is 0. The van der Waals surface area contributed by atoms with Gasteiger partial charge in [0.2, 0.25) is 11.2 Å². The fraction of sp³-hybridized carbons (Fsp3) is 0.500. The Kier molecular flexibility index (Phi) is 2.10. The average molecular weight is 242 g/mol. The van der Waals surface area contributed by atoms with E-state index in [9.17, 15) is 9.18 Å².